The Labute approximate surface area is 56.6 Å². The van der Waals surface area contributed by atoms with Crippen LogP contribution in [-0.2, 0) is 4.79 Å². The van der Waals surface area contributed by atoms with E-state index in [0.29, 0.717) is 0 Å². The monoisotopic (exact) mass is 129 g/mol. The number of rotatable bonds is 3. The Hall–Kier alpha value is -0.530. The van der Waals surface area contributed by atoms with E-state index in [1.54, 1.807) is 0 Å². The summed E-state index contributed by atoms with van der Waals surface area (Å²) in [5.74, 6) is 0.338. The van der Waals surface area contributed by atoms with E-state index >= 15 is 0 Å². The third-order valence-corrected chi connectivity index (χ3v) is 1.41. The maximum absolute atomic E-state index is 10.9. The quantitative estimate of drug-likeness (QED) is 0.609. The van der Waals surface area contributed by atoms with Gasteiger partial charge >= 0.3 is 0 Å². The summed E-state index contributed by atoms with van der Waals surface area (Å²) in [6, 6.07) is 0. The van der Waals surface area contributed by atoms with E-state index in [-0.39, 0.29) is 11.8 Å². The zero-order valence-electron chi connectivity index (χ0n) is 6.40. The van der Waals surface area contributed by atoms with Gasteiger partial charge in [0.2, 0.25) is 5.91 Å². The molecule has 2 nitrogen and oxygen atoms in total. The molecular weight excluding hydrogens is 114 g/mol. The summed E-state index contributed by atoms with van der Waals surface area (Å²) >= 11 is 0. The number of carbonyl (C=O) groups excluding carboxylic acids is 1. The lowest BCUT2D eigenvalue weighted by Crippen LogP contribution is -2.28. The molecule has 0 aromatic carbocycles. The van der Waals surface area contributed by atoms with Crippen molar-refractivity contribution < 1.29 is 4.79 Å². The van der Waals surface area contributed by atoms with Crippen LogP contribution in [0.3, 0.4) is 0 Å². The van der Waals surface area contributed by atoms with Gasteiger partial charge < -0.3 is 5.32 Å². The molecular formula is C7H15NO. The van der Waals surface area contributed by atoms with E-state index in [0.717, 1.165) is 13.0 Å². The molecule has 1 N–H and O–H groups in total. The Morgan fingerprint density at radius 3 is 2.44 bits per heavy atom. The third-order valence-electron chi connectivity index (χ3n) is 1.41. The van der Waals surface area contributed by atoms with E-state index in [9.17, 15) is 4.79 Å². The number of carbonyl (C=O) groups is 1. The summed E-state index contributed by atoms with van der Waals surface area (Å²) < 4.78 is 0. The number of hydrogen-bond donors (Lipinski definition) is 1. The second kappa shape index (κ2) is 4.36. The second-order valence-electron chi connectivity index (χ2n) is 2.20. The van der Waals surface area contributed by atoms with Crippen LogP contribution in [0.25, 0.3) is 0 Å². The zero-order chi connectivity index (χ0) is 7.28. The van der Waals surface area contributed by atoms with Gasteiger partial charge in [-0.15, -0.1) is 0 Å². The van der Waals surface area contributed by atoms with E-state index < -0.39 is 0 Å². The first-order valence-corrected chi connectivity index (χ1v) is 3.50. The molecule has 0 aliphatic carbocycles. The van der Waals surface area contributed by atoms with Gasteiger partial charge in [0, 0.05) is 12.5 Å². The van der Waals surface area contributed by atoms with Crippen LogP contribution < -0.4 is 5.32 Å². The van der Waals surface area contributed by atoms with Gasteiger partial charge in [-0.1, -0.05) is 13.8 Å². The average molecular weight is 129 g/mol. The summed E-state index contributed by atoms with van der Waals surface area (Å²) in [6.07, 6.45) is 0.922. The van der Waals surface area contributed by atoms with Gasteiger partial charge in [-0.3, -0.25) is 4.79 Å². The second-order valence-corrected chi connectivity index (χ2v) is 2.20. The minimum atomic E-state index is 0.167. The van der Waals surface area contributed by atoms with Crippen molar-refractivity contribution in [2.24, 2.45) is 5.92 Å². The average Bonchev–Trinajstić information content (AvgIpc) is 1.87. The van der Waals surface area contributed by atoms with Gasteiger partial charge in [0.15, 0.2) is 0 Å². The van der Waals surface area contributed by atoms with Crippen LogP contribution in [0.1, 0.15) is 27.2 Å². The van der Waals surface area contributed by atoms with Crippen LogP contribution in [0, 0.1) is 5.92 Å². The minimum absolute atomic E-state index is 0.167. The van der Waals surface area contributed by atoms with Crippen LogP contribution in [-0.4, -0.2) is 12.5 Å². The maximum Gasteiger partial charge on any atom is 0.222 e. The summed E-state index contributed by atoms with van der Waals surface area (Å²) in [6.45, 7) is 6.62. The summed E-state index contributed by atoms with van der Waals surface area (Å²) in [7, 11) is 0. The lowest BCUT2D eigenvalue weighted by atomic mass is 10.1. The number of hydrogen-bond acceptors (Lipinski definition) is 1. The van der Waals surface area contributed by atoms with Gasteiger partial charge in [-0.25, -0.2) is 0 Å². The summed E-state index contributed by atoms with van der Waals surface area (Å²) in [5.41, 5.74) is 0. The van der Waals surface area contributed by atoms with E-state index in [1.807, 2.05) is 20.8 Å². The predicted molar refractivity (Wildman–Crippen MR) is 38.1 cm³/mol. The van der Waals surface area contributed by atoms with Crippen molar-refractivity contribution in [1.29, 1.82) is 0 Å². The van der Waals surface area contributed by atoms with Crippen LogP contribution in [0.2, 0.25) is 0 Å². The molecule has 0 aliphatic heterocycles. The summed E-state index contributed by atoms with van der Waals surface area (Å²) in [4.78, 5) is 10.9. The molecule has 0 spiro atoms. The smallest absolute Gasteiger partial charge is 0.222 e. The molecule has 0 aromatic heterocycles. The van der Waals surface area contributed by atoms with Crippen LogP contribution >= 0.6 is 0 Å². The number of amides is 1. The molecule has 0 saturated heterocycles. The van der Waals surface area contributed by atoms with Crippen molar-refractivity contribution in [2.45, 2.75) is 27.2 Å². The van der Waals surface area contributed by atoms with E-state index in [4.69, 9.17) is 0 Å². The first-order valence-electron chi connectivity index (χ1n) is 3.50. The van der Waals surface area contributed by atoms with E-state index in [2.05, 4.69) is 5.32 Å². The highest BCUT2D eigenvalue weighted by Gasteiger charge is 2.06. The van der Waals surface area contributed by atoms with Gasteiger partial charge in [0.25, 0.3) is 0 Å². The fourth-order valence-corrected chi connectivity index (χ4v) is 0.534. The highest BCUT2D eigenvalue weighted by Crippen LogP contribution is 1.98. The van der Waals surface area contributed by atoms with Crippen molar-refractivity contribution in [3.8, 4) is 0 Å². The Kier molecular flexibility index (Phi) is 4.10. The van der Waals surface area contributed by atoms with Crippen molar-refractivity contribution in [3.63, 3.8) is 0 Å². The predicted octanol–water partition coefficient (Wildman–Crippen LogP) is 1.17. The molecule has 9 heavy (non-hydrogen) atoms. The third kappa shape index (κ3) is 3.12. The molecule has 0 rings (SSSR count). The standard InChI is InChI=1S/C7H15NO/c1-4-6(3)7(9)8-5-2/h6H,4-5H2,1-3H3,(H,8,9). The molecule has 0 saturated carbocycles. The van der Waals surface area contributed by atoms with Gasteiger partial charge in [-0.2, -0.15) is 0 Å². The first kappa shape index (κ1) is 8.47. The number of nitrogens with one attached hydrogen (secondary N) is 1. The van der Waals surface area contributed by atoms with Crippen molar-refractivity contribution >= 4 is 5.91 Å². The van der Waals surface area contributed by atoms with Crippen molar-refractivity contribution in [1.82, 2.24) is 5.32 Å². The highest BCUT2D eigenvalue weighted by molar-refractivity contribution is 5.78. The molecule has 0 heterocycles. The fourth-order valence-electron chi connectivity index (χ4n) is 0.534. The molecule has 0 aliphatic rings. The maximum atomic E-state index is 10.9. The topological polar surface area (TPSA) is 29.1 Å². The molecule has 2 heteroatoms. The molecule has 1 amide bonds. The minimum Gasteiger partial charge on any atom is -0.356 e. The first-order chi connectivity index (χ1) is 4.22. The Morgan fingerprint density at radius 2 is 2.11 bits per heavy atom. The Bertz CT molecular complexity index is 90.9. The lowest BCUT2D eigenvalue weighted by Gasteiger charge is -2.06. The molecule has 1 unspecified atom stereocenters. The highest BCUT2D eigenvalue weighted by atomic mass is 16.1. The summed E-state index contributed by atoms with van der Waals surface area (Å²) in [5, 5.41) is 2.76. The van der Waals surface area contributed by atoms with Crippen LogP contribution in [0.15, 0.2) is 0 Å². The van der Waals surface area contributed by atoms with Gasteiger partial charge in [0.05, 0.1) is 0 Å². The molecule has 54 valence electrons. The SMILES string of the molecule is CCNC(=O)C(C)CC. The fraction of sp³-hybridized carbons (Fsp3) is 0.857. The molecule has 0 aromatic rings. The van der Waals surface area contributed by atoms with Gasteiger partial charge in [-0.05, 0) is 13.3 Å². The lowest BCUT2D eigenvalue weighted by molar-refractivity contribution is -0.124. The Balaban J connectivity index is 3.46. The van der Waals surface area contributed by atoms with E-state index in [1.165, 1.54) is 0 Å². The van der Waals surface area contributed by atoms with Crippen molar-refractivity contribution in [2.75, 3.05) is 6.54 Å². The van der Waals surface area contributed by atoms with Crippen molar-refractivity contribution in [3.05, 3.63) is 0 Å². The molecule has 0 radical (unpaired) electrons. The molecule has 0 fully saturated rings. The van der Waals surface area contributed by atoms with Gasteiger partial charge in [0.1, 0.15) is 0 Å². The molecule has 1 atom stereocenters. The van der Waals surface area contributed by atoms with Crippen LogP contribution in [0.4, 0.5) is 0 Å². The Morgan fingerprint density at radius 1 is 1.56 bits per heavy atom. The largest absolute Gasteiger partial charge is 0.356 e. The normalized spacial score (nSPS) is 12.8. The molecule has 0 bridgehead atoms. The van der Waals surface area contributed by atoms with Crippen LogP contribution in [0.5, 0.6) is 0 Å². The zero-order valence-corrected chi connectivity index (χ0v) is 6.40.